The summed E-state index contributed by atoms with van der Waals surface area (Å²) in [6.07, 6.45) is 31.2. The minimum absolute atomic E-state index is 0.146. The molecule has 1 heterocycles. The highest BCUT2D eigenvalue weighted by molar-refractivity contribution is 5.69. The smallest absolute Gasteiger partial charge is 0.305 e. The number of carbonyl (C=O) groups excluding carboxylic acids is 1. The average molecular weight is 839 g/mol. The summed E-state index contributed by atoms with van der Waals surface area (Å²) in [6.45, 7) is 17.0. The molecule has 4 aliphatic carbocycles. The Kier molecular flexibility index (Phi) is 19.8. The molecule has 1 saturated heterocycles. The Morgan fingerprint density at radius 3 is 2.27 bits per heavy atom. The van der Waals surface area contributed by atoms with Crippen LogP contribution in [0.2, 0.25) is 0 Å². The van der Waals surface area contributed by atoms with E-state index < -0.39 is 30.7 Å². The van der Waals surface area contributed by atoms with Crippen LogP contribution >= 0.6 is 0 Å². The van der Waals surface area contributed by atoms with E-state index in [2.05, 4.69) is 78.8 Å². The Bertz CT molecular complexity index is 1370. The molecule has 0 aromatic rings. The van der Waals surface area contributed by atoms with Crippen molar-refractivity contribution < 1.29 is 34.3 Å². The van der Waals surface area contributed by atoms with Gasteiger partial charge in [0.15, 0.2) is 6.29 Å². The van der Waals surface area contributed by atoms with Gasteiger partial charge in [-0.3, -0.25) is 4.79 Å². The van der Waals surface area contributed by atoms with Crippen LogP contribution in [0.3, 0.4) is 0 Å². The summed E-state index contributed by atoms with van der Waals surface area (Å²) < 4.78 is 18.0. The molecule has 4 fully saturated rings. The molecule has 0 bridgehead atoms. The second kappa shape index (κ2) is 24.0. The number of rotatable bonds is 24. The van der Waals surface area contributed by atoms with Crippen LogP contribution in [0.25, 0.3) is 0 Å². The van der Waals surface area contributed by atoms with Crippen LogP contribution in [0.5, 0.6) is 0 Å². The van der Waals surface area contributed by atoms with Gasteiger partial charge in [0.25, 0.3) is 0 Å². The van der Waals surface area contributed by atoms with Crippen molar-refractivity contribution >= 4 is 5.97 Å². The maximum atomic E-state index is 12.6. The number of aliphatic hydroxyl groups is 3. The van der Waals surface area contributed by atoms with Crippen LogP contribution < -0.4 is 0 Å². The molecule has 3 saturated carbocycles. The second-order valence-electron chi connectivity index (χ2n) is 21.1. The molecule has 14 atom stereocenters. The molecular weight excluding hydrogens is 749 g/mol. The molecule has 0 amide bonds. The Labute approximate surface area is 367 Å². The molecule has 344 valence electrons. The standard InChI is InChI=1S/C53H90O7/c1-8-10-11-12-13-14-15-16-17-18-19-20-21-22-23-24-47(54)58-36-46-48(55)49(56)50(57)51(60-46)59-41-31-33-52(6)40(35-41)27-28-42-44-30-29-43(53(44,7)34-32-45(42)52)38(5)25-26-39(9-2)37(3)4/h13-14,16-17,27,37-39,41-46,48-51,55-57H,8-12,15,18-26,28-36H2,1-7H3/b14-13+,17-16+/t38-,39+,41+,42+,43-,44+,45+,46-,48-,49+,50-,51-,52+,53-/m1/s1. The van der Waals surface area contributed by atoms with Gasteiger partial charge >= 0.3 is 5.97 Å². The maximum Gasteiger partial charge on any atom is 0.305 e. The monoisotopic (exact) mass is 839 g/mol. The molecule has 1 aliphatic heterocycles. The number of aliphatic hydroxyl groups excluding tert-OH is 3. The van der Waals surface area contributed by atoms with Gasteiger partial charge in [0.05, 0.1) is 6.10 Å². The number of ether oxygens (including phenoxy) is 3. The molecule has 3 N–H and O–H groups in total. The third-order valence-electron chi connectivity index (χ3n) is 17.0. The van der Waals surface area contributed by atoms with Crippen molar-refractivity contribution in [1.29, 1.82) is 0 Å². The normalized spacial score (nSPS) is 36.5. The predicted molar refractivity (Wildman–Crippen MR) is 244 cm³/mol. The summed E-state index contributed by atoms with van der Waals surface area (Å²) >= 11 is 0. The highest BCUT2D eigenvalue weighted by atomic mass is 16.7. The molecule has 0 aromatic heterocycles. The van der Waals surface area contributed by atoms with Crippen LogP contribution in [-0.4, -0.2) is 64.7 Å². The predicted octanol–water partition coefficient (Wildman–Crippen LogP) is 12.2. The van der Waals surface area contributed by atoms with Crippen molar-refractivity contribution in [3.63, 3.8) is 0 Å². The summed E-state index contributed by atoms with van der Waals surface area (Å²) in [4.78, 5) is 12.6. The van der Waals surface area contributed by atoms with Crippen molar-refractivity contribution in [2.45, 2.75) is 233 Å². The SMILES string of the molecule is CCCCC/C=C/C/C=C/CCCCCCCC(=O)OC[C@H]1O[C@@H](O[C@H]2CC[C@@]3(C)C(=CC[C@H]4[C@@H]5CC[C@H]([C@H](C)CC[C@H](CC)C(C)C)[C@@]5(C)CC[C@@H]43)C2)[C@H](O)[C@@H](O)[C@@H]1O. The zero-order chi connectivity index (χ0) is 43.3. The van der Waals surface area contributed by atoms with Gasteiger partial charge < -0.3 is 29.5 Å². The maximum absolute atomic E-state index is 12.6. The van der Waals surface area contributed by atoms with Crippen LogP contribution in [0, 0.1) is 52.3 Å². The second-order valence-corrected chi connectivity index (χ2v) is 21.1. The lowest BCUT2D eigenvalue weighted by molar-refractivity contribution is -0.313. The summed E-state index contributed by atoms with van der Waals surface area (Å²) in [5.41, 5.74) is 2.12. The first-order chi connectivity index (χ1) is 28.8. The zero-order valence-corrected chi connectivity index (χ0v) is 39.3. The van der Waals surface area contributed by atoms with Gasteiger partial charge in [-0.15, -0.1) is 0 Å². The van der Waals surface area contributed by atoms with Gasteiger partial charge in [-0.1, -0.05) is 129 Å². The Hall–Kier alpha value is -1.51. The number of hydrogen-bond donors (Lipinski definition) is 3. The quantitative estimate of drug-likeness (QED) is 0.0505. The van der Waals surface area contributed by atoms with E-state index in [9.17, 15) is 20.1 Å². The fourth-order valence-electron chi connectivity index (χ4n) is 13.1. The van der Waals surface area contributed by atoms with E-state index in [-0.39, 0.29) is 24.1 Å². The summed E-state index contributed by atoms with van der Waals surface area (Å²) in [6, 6.07) is 0. The number of hydrogen-bond acceptors (Lipinski definition) is 7. The Morgan fingerprint density at radius 1 is 0.833 bits per heavy atom. The van der Waals surface area contributed by atoms with E-state index in [1.165, 1.54) is 76.2 Å². The Morgan fingerprint density at radius 2 is 1.55 bits per heavy atom. The van der Waals surface area contributed by atoms with Crippen molar-refractivity contribution in [1.82, 2.24) is 0 Å². The first-order valence-corrected chi connectivity index (χ1v) is 25.3. The lowest BCUT2D eigenvalue weighted by Gasteiger charge is -2.58. The first-order valence-electron chi connectivity index (χ1n) is 25.3. The summed E-state index contributed by atoms with van der Waals surface area (Å²) in [5.74, 6) is 5.20. The molecule has 0 aromatic carbocycles. The van der Waals surface area contributed by atoms with Crippen molar-refractivity contribution in [3.05, 3.63) is 36.0 Å². The fraction of sp³-hybridized carbons (Fsp3) is 0.868. The minimum Gasteiger partial charge on any atom is -0.463 e. The molecule has 0 unspecified atom stereocenters. The third-order valence-corrected chi connectivity index (χ3v) is 17.0. The van der Waals surface area contributed by atoms with E-state index in [0.717, 1.165) is 106 Å². The van der Waals surface area contributed by atoms with Crippen LogP contribution in [-0.2, 0) is 19.0 Å². The van der Waals surface area contributed by atoms with Gasteiger partial charge in [0.2, 0.25) is 0 Å². The minimum atomic E-state index is -1.45. The fourth-order valence-corrected chi connectivity index (χ4v) is 13.1. The highest BCUT2D eigenvalue weighted by Crippen LogP contribution is 2.67. The highest BCUT2D eigenvalue weighted by Gasteiger charge is 2.59. The number of fused-ring (bicyclic) bond motifs is 5. The van der Waals surface area contributed by atoms with E-state index in [4.69, 9.17) is 14.2 Å². The van der Waals surface area contributed by atoms with Crippen LogP contribution in [0.4, 0.5) is 0 Å². The van der Waals surface area contributed by atoms with Crippen molar-refractivity contribution in [3.8, 4) is 0 Å². The Balaban J connectivity index is 1.03. The number of carbonyl (C=O) groups is 1. The number of unbranched alkanes of at least 4 members (excludes halogenated alkanes) is 8. The lowest BCUT2D eigenvalue weighted by Crippen LogP contribution is -2.60. The molecule has 5 aliphatic rings. The van der Waals surface area contributed by atoms with Crippen LogP contribution in [0.15, 0.2) is 36.0 Å². The van der Waals surface area contributed by atoms with E-state index in [0.29, 0.717) is 17.8 Å². The molecule has 0 radical (unpaired) electrons. The van der Waals surface area contributed by atoms with Gasteiger partial charge in [-0.25, -0.2) is 0 Å². The largest absolute Gasteiger partial charge is 0.463 e. The van der Waals surface area contributed by atoms with Crippen molar-refractivity contribution in [2.75, 3.05) is 6.61 Å². The molecule has 0 spiro atoms. The lowest BCUT2D eigenvalue weighted by atomic mass is 9.47. The van der Waals surface area contributed by atoms with Crippen molar-refractivity contribution in [2.24, 2.45) is 52.3 Å². The average Bonchev–Trinajstić information content (AvgIpc) is 3.59. The molecule has 5 rings (SSSR count). The zero-order valence-electron chi connectivity index (χ0n) is 39.3. The first kappa shape index (κ1) is 49.5. The molecular formula is C53H90O7. The van der Waals surface area contributed by atoms with E-state index in [1.807, 2.05) is 0 Å². The van der Waals surface area contributed by atoms with Gasteiger partial charge in [-0.2, -0.15) is 0 Å². The molecule has 60 heavy (non-hydrogen) atoms. The topological polar surface area (TPSA) is 105 Å². The molecule has 7 nitrogen and oxygen atoms in total. The summed E-state index contributed by atoms with van der Waals surface area (Å²) in [7, 11) is 0. The number of allylic oxidation sites excluding steroid dienone is 5. The van der Waals surface area contributed by atoms with E-state index >= 15 is 0 Å². The van der Waals surface area contributed by atoms with Gasteiger partial charge in [0, 0.05) is 6.42 Å². The van der Waals surface area contributed by atoms with Gasteiger partial charge in [0.1, 0.15) is 31.0 Å². The van der Waals surface area contributed by atoms with Crippen LogP contribution in [0.1, 0.15) is 196 Å². The van der Waals surface area contributed by atoms with Gasteiger partial charge in [-0.05, 0) is 149 Å². The summed E-state index contributed by atoms with van der Waals surface area (Å²) in [5, 5.41) is 32.5. The third kappa shape index (κ3) is 12.6. The molecule has 7 heteroatoms. The van der Waals surface area contributed by atoms with E-state index in [1.54, 1.807) is 0 Å². The number of esters is 1.